The number of sulfone groups is 1. The molecule has 7 nitrogen and oxygen atoms in total. The van der Waals surface area contributed by atoms with Crippen molar-refractivity contribution in [3.63, 3.8) is 0 Å². The Kier molecular flexibility index (Phi) is 6.77. The van der Waals surface area contributed by atoms with Crippen LogP contribution in [-0.2, 0) is 29.6 Å². The molecule has 0 radical (unpaired) electrons. The number of aromatic nitrogens is 2. The molecule has 4 aromatic rings. The van der Waals surface area contributed by atoms with E-state index in [1.165, 1.54) is 30.5 Å². The number of benzene rings is 2. The molecular formula is C25H22F3N3O4S. The maximum absolute atomic E-state index is 12.9. The van der Waals surface area contributed by atoms with Gasteiger partial charge in [0.15, 0.2) is 9.84 Å². The summed E-state index contributed by atoms with van der Waals surface area (Å²) in [5, 5.41) is 3.37. The number of alkyl halides is 3. The molecule has 0 fully saturated rings. The van der Waals surface area contributed by atoms with E-state index < -0.39 is 21.6 Å². The van der Waals surface area contributed by atoms with Gasteiger partial charge in [-0.05, 0) is 48.0 Å². The van der Waals surface area contributed by atoms with E-state index in [1.54, 1.807) is 42.9 Å². The SMILES string of the molecule is CCS(=O)(=O)c1ccc(CNC(=O)c2cn(C)c3c(Oc4ccc(C(F)(F)F)cc4)nccc23)cc1. The third-order valence-electron chi connectivity index (χ3n) is 5.61. The maximum atomic E-state index is 12.9. The molecule has 2 aromatic heterocycles. The Morgan fingerprint density at radius 3 is 2.33 bits per heavy atom. The van der Waals surface area contributed by atoms with Crippen LogP contribution in [0.4, 0.5) is 13.2 Å². The third-order valence-corrected chi connectivity index (χ3v) is 7.36. The highest BCUT2D eigenvalue weighted by Gasteiger charge is 2.30. The number of amides is 1. The van der Waals surface area contributed by atoms with Crippen molar-refractivity contribution in [2.24, 2.45) is 7.05 Å². The molecule has 1 N–H and O–H groups in total. The number of pyridine rings is 1. The molecule has 0 aliphatic heterocycles. The van der Waals surface area contributed by atoms with Crippen molar-refractivity contribution >= 4 is 26.6 Å². The number of ether oxygens (including phenoxy) is 1. The van der Waals surface area contributed by atoms with Gasteiger partial charge >= 0.3 is 6.18 Å². The summed E-state index contributed by atoms with van der Waals surface area (Å²) in [5.41, 5.74) is 0.793. The zero-order chi connectivity index (χ0) is 26.1. The highest BCUT2D eigenvalue weighted by molar-refractivity contribution is 7.91. The van der Waals surface area contributed by atoms with Crippen molar-refractivity contribution in [1.29, 1.82) is 0 Å². The third kappa shape index (κ3) is 5.20. The van der Waals surface area contributed by atoms with Crippen LogP contribution in [0.15, 0.2) is 71.9 Å². The Balaban J connectivity index is 1.52. The number of nitrogens with one attached hydrogen (secondary N) is 1. The molecule has 0 aliphatic rings. The van der Waals surface area contributed by atoms with Crippen LogP contribution in [0.25, 0.3) is 10.9 Å². The van der Waals surface area contributed by atoms with E-state index >= 15 is 0 Å². The number of carbonyl (C=O) groups is 1. The lowest BCUT2D eigenvalue weighted by atomic mass is 10.2. The van der Waals surface area contributed by atoms with Gasteiger partial charge in [-0.1, -0.05) is 19.1 Å². The number of fused-ring (bicyclic) bond motifs is 1. The molecule has 0 aliphatic carbocycles. The lowest BCUT2D eigenvalue weighted by Gasteiger charge is -2.10. The fraction of sp³-hybridized carbons (Fsp3) is 0.200. The summed E-state index contributed by atoms with van der Waals surface area (Å²) in [6.07, 6.45) is -1.39. The number of halogens is 3. The summed E-state index contributed by atoms with van der Waals surface area (Å²) in [6, 6.07) is 12.2. The fourth-order valence-corrected chi connectivity index (χ4v) is 4.54. The van der Waals surface area contributed by atoms with Crippen LogP contribution in [0.3, 0.4) is 0 Å². The molecule has 4 rings (SSSR count). The topological polar surface area (TPSA) is 90.3 Å². The van der Waals surface area contributed by atoms with Gasteiger partial charge in [-0.25, -0.2) is 13.4 Å². The van der Waals surface area contributed by atoms with Gasteiger partial charge in [0.05, 0.1) is 21.8 Å². The molecule has 0 bridgehead atoms. The van der Waals surface area contributed by atoms with Crippen molar-refractivity contribution in [2.45, 2.75) is 24.5 Å². The first-order chi connectivity index (χ1) is 17.0. The van der Waals surface area contributed by atoms with Crippen LogP contribution in [0.1, 0.15) is 28.4 Å². The van der Waals surface area contributed by atoms with E-state index in [1.807, 2.05) is 0 Å². The molecule has 2 aromatic carbocycles. The zero-order valence-corrected chi connectivity index (χ0v) is 20.2. The predicted molar refractivity (Wildman–Crippen MR) is 128 cm³/mol. The molecule has 11 heteroatoms. The average Bonchev–Trinajstić information content (AvgIpc) is 3.20. The van der Waals surface area contributed by atoms with Gasteiger partial charge in [0.1, 0.15) is 11.3 Å². The molecule has 188 valence electrons. The first-order valence-corrected chi connectivity index (χ1v) is 12.5. The second kappa shape index (κ2) is 9.65. The minimum absolute atomic E-state index is 0.00356. The highest BCUT2D eigenvalue weighted by Crippen LogP contribution is 2.33. The number of nitrogens with zero attached hydrogens (tertiary/aromatic N) is 2. The molecule has 0 atom stereocenters. The minimum Gasteiger partial charge on any atom is -0.437 e. The molecule has 0 unspecified atom stereocenters. The van der Waals surface area contributed by atoms with E-state index in [9.17, 15) is 26.4 Å². The summed E-state index contributed by atoms with van der Waals surface area (Å²) < 4.78 is 69.7. The van der Waals surface area contributed by atoms with Crippen molar-refractivity contribution in [1.82, 2.24) is 14.9 Å². The van der Waals surface area contributed by atoms with Crippen LogP contribution in [0.2, 0.25) is 0 Å². The molecule has 0 spiro atoms. The van der Waals surface area contributed by atoms with Gasteiger partial charge in [-0.2, -0.15) is 13.2 Å². The van der Waals surface area contributed by atoms with Crippen LogP contribution < -0.4 is 10.1 Å². The van der Waals surface area contributed by atoms with Crippen molar-refractivity contribution in [2.75, 3.05) is 5.75 Å². The van der Waals surface area contributed by atoms with E-state index in [4.69, 9.17) is 4.74 Å². The second-order valence-electron chi connectivity index (χ2n) is 8.02. The average molecular weight is 518 g/mol. The number of carbonyl (C=O) groups excluding carboxylic acids is 1. The normalized spacial score (nSPS) is 12.0. The minimum atomic E-state index is -4.45. The predicted octanol–water partition coefficient (Wildman–Crippen LogP) is 5.11. The first kappa shape index (κ1) is 25.2. The standard InChI is InChI=1S/C25H22F3N3O4S/c1-3-36(33,34)19-10-4-16(5-11-19)14-30-23(32)21-15-31(2)22-20(21)12-13-29-24(22)35-18-8-6-17(7-9-18)25(26,27)28/h4-13,15H,3,14H2,1-2H3,(H,30,32). The van der Waals surface area contributed by atoms with Gasteiger partial charge in [-0.15, -0.1) is 0 Å². The summed E-state index contributed by atoms with van der Waals surface area (Å²) in [7, 11) is -1.60. The van der Waals surface area contributed by atoms with Crippen molar-refractivity contribution in [3.8, 4) is 11.6 Å². The first-order valence-electron chi connectivity index (χ1n) is 10.9. The molecular weight excluding hydrogens is 495 g/mol. The summed E-state index contributed by atoms with van der Waals surface area (Å²) in [5.74, 6) is -0.0494. The van der Waals surface area contributed by atoms with Gasteiger partial charge < -0.3 is 14.6 Å². The van der Waals surface area contributed by atoms with E-state index in [0.29, 0.717) is 16.5 Å². The largest absolute Gasteiger partial charge is 0.437 e. The zero-order valence-electron chi connectivity index (χ0n) is 19.3. The Labute approximate surface area is 205 Å². The van der Waals surface area contributed by atoms with Gasteiger partial charge in [0.25, 0.3) is 5.91 Å². The van der Waals surface area contributed by atoms with E-state index in [2.05, 4.69) is 10.3 Å². The quantitative estimate of drug-likeness (QED) is 0.368. The monoisotopic (exact) mass is 517 g/mol. The van der Waals surface area contributed by atoms with Crippen LogP contribution in [0.5, 0.6) is 11.6 Å². The lowest BCUT2D eigenvalue weighted by Crippen LogP contribution is -2.22. The fourth-order valence-electron chi connectivity index (χ4n) is 3.66. The van der Waals surface area contributed by atoms with Crippen molar-refractivity contribution < 1.29 is 31.1 Å². The van der Waals surface area contributed by atoms with E-state index in [-0.39, 0.29) is 34.7 Å². The van der Waals surface area contributed by atoms with Crippen molar-refractivity contribution in [3.05, 3.63) is 83.7 Å². The summed E-state index contributed by atoms with van der Waals surface area (Å²) >= 11 is 0. The summed E-state index contributed by atoms with van der Waals surface area (Å²) in [4.78, 5) is 17.3. The lowest BCUT2D eigenvalue weighted by molar-refractivity contribution is -0.137. The van der Waals surface area contributed by atoms with Crippen LogP contribution >= 0.6 is 0 Å². The van der Waals surface area contributed by atoms with Crippen LogP contribution in [-0.4, -0.2) is 29.6 Å². The number of hydrogen-bond acceptors (Lipinski definition) is 5. The number of hydrogen-bond donors (Lipinski definition) is 1. The number of rotatable bonds is 7. The number of aryl methyl sites for hydroxylation is 1. The Bertz CT molecular complexity index is 1510. The van der Waals surface area contributed by atoms with E-state index in [0.717, 1.165) is 17.7 Å². The molecule has 0 saturated heterocycles. The Morgan fingerprint density at radius 1 is 1.06 bits per heavy atom. The molecule has 2 heterocycles. The molecule has 36 heavy (non-hydrogen) atoms. The van der Waals surface area contributed by atoms with Gasteiger partial charge in [-0.3, -0.25) is 4.79 Å². The molecule has 1 amide bonds. The second-order valence-corrected chi connectivity index (χ2v) is 10.3. The highest BCUT2D eigenvalue weighted by atomic mass is 32.2. The Hall–Kier alpha value is -3.86. The smallest absolute Gasteiger partial charge is 0.416 e. The Morgan fingerprint density at radius 2 is 1.72 bits per heavy atom. The van der Waals surface area contributed by atoms with Gasteiger partial charge in [0.2, 0.25) is 5.88 Å². The maximum Gasteiger partial charge on any atom is 0.416 e. The summed E-state index contributed by atoms with van der Waals surface area (Å²) in [6.45, 7) is 1.75. The van der Waals surface area contributed by atoms with Crippen LogP contribution in [0, 0.1) is 0 Å². The molecule has 0 saturated carbocycles. The van der Waals surface area contributed by atoms with Gasteiger partial charge in [0, 0.05) is 31.4 Å².